The van der Waals surface area contributed by atoms with Crippen LogP contribution in [-0.2, 0) is 27.3 Å². The molecule has 0 unspecified atom stereocenters. The molecule has 1 N–H and O–H groups in total. The Morgan fingerprint density at radius 3 is 1.31 bits per heavy atom. The molecule has 4 aromatic carbocycles. The Labute approximate surface area is 365 Å². The normalized spacial score (nSPS) is 12.7. The van der Waals surface area contributed by atoms with E-state index in [4.69, 9.17) is 28.4 Å². The van der Waals surface area contributed by atoms with Gasteiger partial charge in [0.15, 0.2) is 17.2 Å². The van der Waals surface area contributed by atoms with Crippen LogP contribution in [0.1, 0.15) is 73.3 Å². The number of rotatable bonds is 10. The highest BCUT2D eigenvalue weighted by atomic mass is 19.1. The van der Waals surface area contributed by atoms with Crippen molar-refractivity contribution >= 4 is 63.9 Å². The number of pyridine rings is 2. The molecule has 4 heterocycles. The number of aromatic nitrogens is 2. The molecule has 65 heavy (non-hydrogen) atoms. The van der Waals surface area contributed by atoms with Crippen LogP contribution in [0.15, 0.2) is 85.2 Å². The number of phenols is 1. The summed E-state index contributed by atoms with van der Waals surface area (Å²) in [7, 11) is 0. The molecule has 4 amide bonds. The summed E-state index contributed by atoms with van der Waals surface area (Å²) in [5.41, 5.74) is -0.207. The molecule has 2 aliphatic rings. The maximum Gasteiger partial charge on any atom is 0.513 e. The van der Waals surface area contributed by atoms with Crippen molar-refractivity contribution in [3.8, 4) is 23.0 Å². The third kappa shape index (κ3) is 8.76. The highest BCUT2D eigenvalue weighted by Crippen LogP contribution is 2.46. The molecule has 0 aliphatic carbocycles. The minimum atomic E-state index is -1.11. The molecule has 0 atom stereocenters. The van der Waals surface area contributed by atoms with E-state index in [1.165, 1.54) is 85.2 Å². The highest BCUT2D eigenvalue weighted by molar-refractivity contribution is 6.28. The van der Waals surface area contributed by atoms with Crippen LogP contribution >= 0.6 is 0 Å². The molecule has 2 aromatic heterocycles. The summed E-state index contributed by atoms with van der Waals surface area (Å²) in [4.78, 5) is 99.3. The number of amides is 4. The predicted octanol–water partition coefficient (Wildman–Crippen LogP) is 7.65. The lowest BCUT2D eigenvalue weighted by Crippen LogP contribution is -2.29. The summed E-state index contributed by atoms with van der Waals surface area (Å²) >= 11 is 0. The number of carbonyl (C=O) groups is 7. The molecule has 0 fully saturated rings. The van der Waals surface area contributed by atoms with E-state index in [9.17, 15) is 47.4 Å². The quantitative estimate of drug-likeness (QED) is 0.0603. The lowest BCUT2D eigenvalue weighted by Gasteiger charge is -2.14. The number of nitrogens with zero attached hydrogens (tertiary/aromatic N) is 4. The Morgan fingerprint density at radius 2 is 0.877 bits per heavy atom. The van der Waals surface area contributed by atoms with Crippen molar-refractivity contribution in [1.29, 1.82) is 0 Å². The van der Waals surface area contributed by atoms with Crippen LogP contribution in [-0.4, -0.2) is 86.8 Å². The summed E-state index contributed by atoms with van der Waals surface area (Å²) in [6.45, 7) is 4.39. The molecule has 0 spiro atoms. The van der Waals surface area contributed by atoms with Crippen LogP contribution in [0.4, 0.5) is 23.2 Å². The van der Waals surface area contributed by atoms with Crippen molar-refractivity contribution in [3.05, 3.63) is 130 Å². The fourth-order valence-corrected chi connectivity index (χ4v) is 6.89. The van der Waals surface area contributed by atoms with E-state index < -0.39 is 59.5 Å². The first kappa shape index (κ1) is 44.5. The van der Waals surface area contributed by atoms with Gasteiger partial charge >= 0.3 is 18.5 Å². The van der Waals surface area contributed by atoms with Gasteiger partial charge in [0.2, 0.25) is 0 Å². The fraction of sp³-hybridized carbons (Fsp3) is 0.178. The van der Waals surface area contributed by atoms with Crippen LogP contribution in [0.2, 0.25) is 0 Å². The number of aromatic hydroxyl groups is 1. The van der Waals surface area contributed by atoms with Crippen LogP contribution < -0.4 is 14.2 Å². The molecular formula is C45H34F2N4O14. The lowest BCUT2D eigenvalue weighted by atomic mass is 10.0. The number of hydrogen-bond acceptors (Lipinski definition) is 16. The minimum absolute atomic E-state index is 0.00000671. The van der Waals surface area contributed by atoms with Gasteiger partial charge < -0.3 is 33.5 Å². The zero-order valence-electron chi connectivity index (χ0n) is 34.4. The summed E-state index contributed by atoms with van der Waals surface area (Å²) < 4.78 is 56.8. The second kappa shape index (κ2) is 18.8. The predicted molar refractivity (Wildman–Crippen MR) is 219 cm³/mol. The Hall–Kier alpha value is -8.55. The number of halogens is 2. The van der Waals surface area contributed by atoms with Gasteiger partial charge in [-0.15, -0.1) is 0 Å². The molecule has 0 saturated heterocycles. The number of ether oxygens (including phenoxy) is 6. The van der Waals surface area contributed by atoms with Gasteiger partial charge in [0.25, 0.3) is 23.6 Å². The number of imide groups is 2. The highest BCUT2D eigenvalue weighted by Gasteiger charge is 2.45. The second-order valence-corrected chi connectivity index (χ2v) is 13.6. The number of fused-ring (bicyclic) bond motifs is 4. The first-order valence-corrected chi connectivity index (χ1v) is 19.6. The third-order valence-electron chi connectivity index (χ3n) is 9.65. The number of hydrogen-bond donors (Lipinski definition) is 1. The smallest absolute Gasteiger partial charge is 0.506 e. The Kier molecular flexibility index (Phi) is 12.9. The maximum absolute atomic E-state index is 13.5. The van der Waals surface area contributed by atoms with Gasteiger partial charge in [-0.3, -0.25) is 38.9 Å². The molecule has 0 radical (unpaired) electrons. The first-order chi connectivity index (χ1) is 31.3. The van der Waals surface area contributed by atoms with Crippen LogP contribution in [0.3, 0.4) is 0 Å². The zero-order chi connectivity index (χ0) is 46.5. The molecule has 6 aromatic rings. The Bertz CT molecular complexity index is 2850. The van der Waals surface area contributed by atoms with Gasteiger partial charge in [-0.1, -0.05) is 24.3 Å². The molecule has 2 aliphatic heterocycles. The van der Waals surface area contributed by atoms with E-state index in [2.05, 4.69) is 9.97 Å². The molecule has 8 rings (SSSR count). The van der Waals surface area contributed by atoms with Gasteiger partial charge in [0.05, 0.1) is 38.5 Å². The van der Waals surface area contributed by atoms with E-state index in [1.807, 2.05) is 0 Å². The average Bonchev–Trinajstić information content (AvgIpc) is 3.68. The monoisotopic (exact) mass is 892 g/mol. The average molecular weight is 893 g/mol. The van der Waals surface area contributed by atoms with Gasteiger partial charge in [-0.05, 0) is 80.4 Å². The van der Waals surface area contributed by atoms with Crippen LogP contribution in [0.5, 0.6) is 23.0 Å². The van der Waals surface area contributed by atoms with Gasteiger partial charge in [0.1, 0.15) is 45.1 Å². The molecule has 18 nitrogen and oxygen atoms in total. The maximum atomic E-state index is 13.5. The molecule has 0 saturated carbocycles. The number of phenolic OH excluding ortho intramolecular Hbond substituents is 1. The summed E-state index contributed by atoms with van der Waals surface area (Å²) in [6.07, 6.45) is -0.522. The van der Waals surface area contributed by atoms with Crippen LogP contribution in [0.25, 0.3) is 21.8 Å². The van der Waals surface area contributed by atoms with Crippen LogP contribution in [0, 0.1) is 11.6 Å². The number of carbonyl (C=O) groups excluding carboxylic acids is 7. The number of benzene rings is 4. The fourth-order valence-electron chi connectivity index (χ4n) is 6.89. The van der Waals surface area contributed by atoms with E-state index in [-0.39, 0.29) is 94.2 Å². The van der Waals surface area contributed by atoms with Crippen molar-refractivity contribution < 1.29 is 75.9 Å². The first-order valence-electron chi connectivity index (χ1n) is 19.6. The lowest BCUT2D eigenvalue weighted by molar-refractivity contribution is 0.0623. The molecule has 332 valence electrons. The van der Waals surface area contributed by atoms with E-state index in [1.54, 1.807) is 20.8 Å². The molecular weight excluding hydrogens is 859 g/mol. The topological polar surface area (TPSA) is 227 Å². The van der Waals surface area contributed by atoms with Gasteiger partial charge in [-0.2, -0.15) is 0 Å². The van der Waals surface area contributed by atoms with Crippen molar-refractivity contribution in [2.45, 2.75) is 33.9 Å². The molecule has 0 bridgehead atoms. The van der Waals surface area contributed by atoms with E-state index in [0.29, 0.717) is 11.1 Å². The summed E-state index contributed by atoms with van der Waals surface area (Å²) in [6, 6.07) is 16.5. The molecule has 20 heteroatoms. The standard InChI is InChI=1S/C24H19FN2O8.C21H15FN2O6/c1-3-32-23(30)34-19-15-6-5-11-26-18(15)20(35-24(31)33-4-2)17-16(19)21(28)27(22(17)29)12-13-7-9-14(25)10-8-13;1-2-29-21(28)30-18-15-14(17(25)13-4-3-9-23-16(13)18)19(26)24(20(15)27)10-11-5-7-12(22)8-6-11/h5-11H,3-4,12H2,1-2H3;3-9,25H,2,10H2,1H3. The van der Waals surface area contributed by atoms with E-state index >= 15 is 0 Å². The largest absolute Gasteiger partial charge is 0.513 e. The van der Waals surface area contributed by atoms with Crippen molar-refractivity contribution in [2.24, 2.45) is 0 Å². The van der Waals surface area contributed by atoms with E-state index in [0.717, 1.165) is 9.80 Å². The summed E-state index contributed by atoms with van der Waals surface area (Å²) in [5.74, 6) is -5.41. The van der Waals surface area contributed by atoms with Gasteiger partial charge in [0, 0.05) is 23.2 Å². The SMILES string of the molecule is CCOC(=O)Oc1c2c(c(O)c3cccnc13)C(=O)N(Cc1ccc(F)cc1)C2=O.CCOC(=O)Oc1c2c(c(OC(=O)OCC)c3ncccc13)C(=O)N(Cc1ccc(F)cc1)C2=O. The summed E-state index contributed by atoms with van der Waals surface area (Å²) in [5, 5.41) is 10.9. The Balaban J connectivity index is 0.000000196. The van der Waals surface area contributed by atoms with Crippen molar-refractivity contribution in [2.75, 3.05) is 19.8 Å². The second-order valence-electron chi connectivity index (χ2n) is 13.6. The zero-order valence-corrected chi connectivity index (χ0v) is 34.4. The van der Waals surface area contributed by atoms with Crippen molar-refractivity contribution in [1.82, 2.24) is 19.8 Å². The van der Waals surface area contributed by atoms with Gasteiger partial charge in [-0.25, -0.2) is 23.2 Å². The third-order valence-corrected chi connectivity index (χ3v) is 9.65. The van der Waals surface area contributed by atoms with Crippen molar-refractivity contribution in [3.63, 3.8) is 0 Å². The minimum Gasteiger partial charge on any atom is -0.506 e. The Morgan fingerprint density at radius 1 is 0.523 bits per heavy atom.